The highest BCUT2D eigenvalue weighted by atomic mass is 16.5. The van der Waals surface area contributed by atoms with E-state index in [1.807, 2.05) is 32.2 Å². The average Bonchev–Trinajstić information content (AvgIpc) is 3.08. The van der Waals surface area contributed by atoms with Crippen molar-refractivity contribution in [2.45, 2.75) is 32.3 Å². The normalized spacial score (nSPS) is 21.4. The fourth-order valence-corrected chi connectivity index (χ4v) is 3.08. The molecule has 2 atom stereocenters. The second-order valence-electron chi connectivity index (χ2n) is 5.94. The average molecular weight is 301 g/mol. The van der Waals surface area contributed by atoms with Crippen molar-refractivity contribution in [3.63, 3.8) is 0 Å². The molecule has 22 heavy (non-hydrogen) atoms. The van der Waals surface area contributed by atoms with Gasteiger partial charge in [0.15, 0.2) is 0 Å². The molecule has 0 radical (unpaired) electrons. The molecular weight excluding hydrogens is 278 g/mol. The summed E-state index contributed by atoms with van der Waals surface area (Å²) in [5.41, 5.74) is 2.18. The lowest BCUT2D eigenvalue weighted by Gasteiger charge is -2.13. The summed E-state index contributed by atoms with van der Waals surface area (Å²) in [6.45, 7) is 3.35. The zero-order valence-corrected chi connectivity index (χ0v) is 13.2. The zero-order valence-electron chi connectivity index (χ0n) is 13.2. The van der Waals surface area contributed by atoms with Crippen molar-refractivity contribution in [1.82, 2.24) is 14.9 Å². The van der Waals surface area contributed by atoms with Crippen LogP contribution in [0.15, 0.2) is 24.3 Å². The summed E-state index contributed by atoms with van der Waals surface area (Å²) < 4.78 is 7.57. The molecule has 1 fully saturated rings. The Morgan fingerprint density at radius 3 is 3.00 bits per heavy atom. The molecule has 0 bridgehead atoms. The van der Waals surface area contributed by atoms with Crippen molar-refractivity contribution in [2.75, 3.05) is 13.2 Å². The number of rotatable bonds is 5. The highest BCUT2D eigenvalue weighted by Gasteiger charge is 2.30. The number of imidazole rings is 1. The van der Waals surface area contributed by atoms with Crippen LogP contribution in [0.3, 0.4) is 0 Å². The summed E-state index contributed by atoms with van der Waals surface area (Å²) in [6.07, 6.45) is 2.63. The number of hydrogen-bond donors (Lipinski definition) is 1. The second-order valence-corrected chi connectivity index (χ2v) is 5.94. The molecule has 1 saturated heterocycles. The van der Waals surface area contributed by atoms with Crippen LogP contribution in [0.5, 0.6) is 0 Å². The van der Waals surface area contributed by atoms with Gasteiger partial charge in [0.05, 0.1) is 23.1 Å². The molecule has 0 saturated carbocycles. The standard InChI is InChI=1S/C17H23N3O2/c1-12-13(9-11-22-12)17(21)18-10-5-8-16-19-14-6-3-4-7-15(14)20(16)2/h3-4,6-7,12-13H,5,8-11H2,1-2H3,(H,18,21). The van der Waals surface area contributed by atoms with Gasteiger partial charge in [-0.25, -0.2) is 4.98 Å². The lowest BCUT2D eigenvalue weighted by Crippen LogP contribution is -2.34. The van der Waals surface area contributed by atoms with Crippen molar-refractivity contribution in [2.24, 2.45) is 13.0 Å². The molecule has 5 heteroatoms. The Balaban J connectivity index is 1.50. The number of para-hydroxylation sites is 2. The van der Waals surface area contributed by atoms with Gasteiger partial charge >= 0.3 is 0 Å². The first kappa shape index (κ1) is 15.0. The molecule has 1 N–H and O–H groups in total. The molecule has 1 amide bonds. The van der Waals surface area contributed by atoms with Gasteiger partial charge in [0.25, 0.3) is 0 Å². The van der Waals surface area contributed by atoms with Gasteiger partial charge in [0, 0.05) is 26.6 Å². The number of nitrogens with zero attached hydrogens (tertiary/aromatic N) is 2. The summed E-state index contributed by atoms with van der Waals surface area (Å²) in [5.74, 6) is 1.19. The maximum atomic E-state index is 12.1. The summed E-state index contributed by atoms with van der Waals surface area (Å²) in [7, 11) is 2.04. The fraction of sp³-hybridized carbons (Fsp3) is 0.529. The molecule has 1 aliphatic rings. The minimum absolute atomic E-state index is 0.00995. The van der Waals surface area contributed by atoms with Gasteiger partial charge in [0.2, 0.25) is 5.91 Å². The number of benzene rings is 1. The number of amides is 1. The molecule has 0 aliphatic carbocycles. The Morgan fingerprint density at radius 1 is 1.45 bits per heavy atom. The number of aryl methyl sites for hydroxylation is 2. The largest absolute Gasteiger partial charge is 0.378 e. The first-order valence-electron chi connectivity index (χ1n) is 7.96. The Labute approximate surface area is 130 Å². The summed E-state index contributed by atoms with van der Waals surface area (Å²) in [4.78, 5) is 16.7. The summed E-state index contributed by atoms with van der Waals surface area (Å²) in [5, 5.41) is 3.02. The molecule has 2 heterocycles. The molecule has 2 unspecified atom stereocenters. The van der Waals surface area contributed by atoms with Crippen LogP contribution in [0, 0.1) is 5.92 Å². The molecule has 118 valence electrons. The lowest BCUT2D eigenvalue weighted by molar-refractivity contribution is -0.126. The highest BCUT2D eigenvalue weighted by molar-refractivity contribution is 5.79. The number of carbonyl (C=O) groups excluding carboxylic acids is 1. The number of carbonyl (C=O) groups is 1. The van der Waals surface area contributed by atoms with E-state index in [9.17, 15) is 4.79 Å². The molecule has 3 rings (SSSR count). The first-order valence-corrected chi connectivity index (χ1v) is 7.96. The molecule has 1 aromatic carbocycles. The van der Waals surface area contributed by atoms with Gasteiger partial charge in [-0.15, -0.1) is 0 Å². The minimum Gasteiger partial charge on any atom is -0.378 e. The minimum atomic E-state index is 0.00995. The van der Waals surface area contributed by atoms with Crippen LogP contribution in [0.4, 0.5) is 0 Å². The third-order valence-electron chi connectivity index (χ3n) is 4.47. The van der Waals surface area contributed by atoms with Gasteiger partial charge in [-0.05, 0) is 31.9 Å². The van der Waals surface area contributed by atoms with Crippen LogP contribution in [-0.4, -0.2) is 34.7 Å². The predicted molar refractivity (Wildman–Crippen MR) is 85.6 cm³/mol. The Hall–Kier alpha value is -1.88. The van der Waals surface area contributed by atoms with Gasteiger partial charge in [-0.3, -0.25) is 4.79 Å². The Bertz CT molecular complexity index is 665. The van der Waals surface area contributed by atoms with E-state index in [2.05, 4.69) is 20.9 Å². The molecule has 1 aliphatic heterocycles. The maximum Gasteiger partial charge on any atom is 0.225 e. The third kappa shape index (κ3) is 2.99. The smallest absolute Gasteiger partial charge is 0.225 e. The van der Waals surface area contributed by atoms with Crippen molar-refractivity contribution < 1.29 is 9.53 Å². The van der Waals surface area contributed by atoms with E-state index in [1.165, 1.54) is 0 Å². The van der Waals surface area contributed by atoms with E-state index in [0.29, 0.717) is 13.2 Å². The molecule has 0 spiro atoms. The first-order chi connectivity index (χ1) is 10.7. The van der Waals surface area contributed by atoms with Gasteiger partial charge in [-0.1, -0.05) is 12.1 Å². The van der Waals surface area contributed by atoms with E-state index in [-0.39, 0.29) is 17.9 Å². The second kappa shape index (κ2) is 6.48. The van der Waals surface area contributed by atoms with Crippen LogP contribution in [0.2, 0.25) is 0 Å². The van der Waals surface area contributed by atoms with Crippen LogP contribution in [-0.2, 0) is 23.0 Å². The Morgan fingerprint density at radius 2 is 2.27 bits per heavy atom. The molecule has 1 aromatic heterocycles. The van der Waals surface area contributed by atoms with E-state index in [4.69, 9.17) is 4.74 Å². The number of hydrogen-bond acceptors (Lipinski definition) is 3. The van der Waals surface area contributed by atoms with Crippen LogP contribution in [0.25, 0.3) is 11.0 Å². The summed E-state index contributed by atoms with van der Waals surface area (Å²) in [6, 6.07) is 8.14. The van der Waals surface area contributed by atoms with Crippen LogP contribution in [0.1, 0.15) is 25.6 Å². The molecule has 2 aromatic rings. The van der Waals surface area contributed by atoms with Gasteiger partial charge in [0.1, 0.15) is 5.82 Å². The van der Waals surface area contributed by atoms with E-state index < -0.39 is 0 Å². The fourth-order valence-electron chi connectivity index (χ4n) is 3.08. The lowest BCUT2D eigenvalue weighted by atomic mass is 10.0. The van der Waals surface area contributed by atoms with E-state index in [0.717, 1.165) is 36.1 Å². The monoisotopic (exact) mass is 301 g/mol. The van der Waals surface area contributed by atoms with Crippen LogP contribution < -0.4 is 5.32 Å². The van der Waals surface area contributed by atoms with E-state index in [1.54, 1.807) is 0 Å². The molecule has 5 nitrogen and oxygen atoms in total. The maximum absolute atomic E-state index is 12.1. The summed E-state index contributed by atoms with van der Waals surface area (Å²) >= 11 is 0. The quantitative estimate of drug-likeness (QED) is 0.860. The Kier molecular flexibility index (Phi) is 4.43. The predicted octanol–water partition coefficient (Wildman–Crippen LogP) is 2.05. The van der Waals surface area contributed by atoms with Crippen molar-refractivity contribution in [3.05, 3.63) is 30.1 Å². The van der Waals surface area contributed by atoms with Crippen molar-refractivity contribution in [3.8, 4) is 0 Å². The number of fused-ring (bicyclic) bond motifs is 1. The topological polar surface area (TPSA) is 56.1 Å². The number of ether oxygens (including phenoxy) is 1. The number of aromatic nitrogens is 2. The SMILES string of the molecule is CC1OCCC1C(=O)NCCCc1nc2ccccc2n1C. The molecular formula is C17H23N3O2. The van der Waals surface area contributed by atoms with Crippen molar-refractivity contribution >= 4 is 16.9 Å². The van der Waals surface area contributed by atoms with E-state index >= 15 is 0 Å². The van der Waals surface area contributed by atoms with Gasteiger partial charge < -0.3 is 14.6 Å². The van der Waals surface area contributed by atoms with Crippen molar-refractivity contribution in [1.29, 1.82) is 0 Å². The van der Waals surface area contributed by atoms with Gasteiger partial charge in [-0.2, -0.15) is 0 Å². The number of nitrogens with one attached hydrogen (secondary N) is 1. The highest BCUT2D eigenvalue weighted by Crippen LogP contribution is 2.20. The van der Waals surface area contributed by atoms with Crippen LogP contribution >= 0.6 is 0 Å². The zero-order chi connectivity index (χ0) is 15.5. The third-order valence-corrected chi connectivity index (χ3v) is 4.47.